The number of hydroxylamine groups is 2. The van der Waals surface area contributed by atoms with E-state index in [0.717, 1.165) is 19.4 Å². The number of imide groups is 1. The molecule has 10 heteroatoms. The van der Waals surface area contributed by atoms with Crippen molar-refractivity contribution in [2.45, 2.75) is 64.5 Å². The monoisotopic (exact) mass is 405 g/mol. The second kappa shape index (κ2) is 10.2. The predicted molar refractivity (Wildman–Crippen MR) is 97.3 cm³/mol. The van der Waals surface area contributed by atoms with Gasteiger partial charge >= 0.3 is 5.97 Å². The van der Waals surface area contributed by atoms with Crippen LogP contribution < -0.4 is 10.6 Å². The minimum absolute atomic E-state index is 0.0194. The summed E-state index contributed by atoms with van der Waals surface area (Å²) in [7, 11) is 0. The Balaban J connectivity index is 1.58. The molecule has 2 heterocycles. The number of carbonyl (C=O) groups excluding carboxylic acids is 5. The minimum atomic E-state index is -0.771. The third-order valence-corrected chi connectivity index (χ3v) is 4.76. The number of nitrogens with one attached hydrogen (secondary N) is 2. The Morgan fingerprint density at radius 1 is 1.07 bits per heavy atom. The smallest absolute Gasteiger partial charge is 0.334 e. The maximum atomic E-state index is 12.3. The van der Waals surface area contributed by atoms with Crippen LogP contribution in [0, 0.1) is 0 Å². The van der Waals surface area contributed by atoms with Gasteiger partial charge in [-0.15, -0.1) is 5.06 Å². The zero-order valence-electron chi connectivity index (χ0n) is 16.4. The molecule has 0 aliphatic carbocycles. The zero-order chi connectivity index (χ0) is 20.7. The van der Waals surface area contributed by atoms with Crippen molar-refractivity contribution in [1.82, 2.24) is 20.6 Å². The molecule has 0 saturated carbocycles. The van der Waals surface area contributed by atoms with Gasteiger partial charge < -0.3 is 15.5 Å². The van der Waals surface area contributed by atoms with Crippen molar-refractivity contribution in [3.05, 3.63) is 0 Å². The van der Waals surface area contributed by atoms with Gasteiger partial charge in [0.05, 0.1) is 12.5 Å². The quantitative estimate of drug-likeness (QED) is 0.300. The molecule has 0 radical (unpaired) electrons. The molecule has 2 aliphatic heterocycles. The maximum absolute atomic E-state index is 12.3. The third-order valence-electron chi connectivity index (χ3n) is 4.76. The highest BCUT2D eigenvalue weighted by molar-refractivity contribution is 6.01. The molecular weight excluding hydrogens is 377 g/mol. The SMILES string of the molecule is [13CH3][13CH]([13CH3])N1CCCC1C(=O)[15NH][13CH2][13CH2][13C](=O)[15NH]CC[13C](=O)ON1C(=O)CCC1=O. The second-order valence-electron chi connectivity index (χ2n) is 7.18. The molecule has 0 bridgehead atoms. The summed E-state index contributed by atoms with van der Waals surface area (Å²) in [6.07, 6.45) is 1.80. The Labute approximate surface area is 163 Å². The van der Waals surface area contributed by atoms with Crippen LogP contribution in [0.25, 0.3) is 0 Å². The fraction of sp³-hybridized carbons (Fsp3) is 0.722. The van der Waals surface area contributed by atoms with Crippen LogP contribution in [-0.2, 0) is 28.8 Å². The van der Waals surface area contributed by atoms with Crippen molar-refractivity contribution in [1.29, 1.82) is 0 Å². The first-order valence-electron chi connectivity index (χ1n) is 9.66. The number of nitrogens with zero attached hydrogens (tertiary/aromatic N) is 2. The molecule has 2 rings (SSSR count). The third kappa shape index (κ3) is 6.01. The van der Waals surface area contributed by atoms with Crippen LogP contribution in [0.1, 0.15) is 52.4 Å². The summed E-state index contributed by atoms with van der Waals surface area (Å²) in [6.45, 7) is 5.25. The molecule has 0 aromatic carbocycles. The van der Waals surface area contributed by atoms with Gasteiger partial charge in [-0.1, -0.05) is 0 Å². The van der Waals surface area contributed by atoms with Crippen LogP contribution in [0.4, 0.5) is 0 Å². The summed E-state index contributed by atoms with van der Waals surface area (Å²) in [5.74, 6) is -2.24. The lowest BCUT2D eigenvalue weighted by atomic mass is 10.2. The van der Waals surface area contributed by atoms with Crippen molar-refractivity contribution in [2.24, 2.45) is 0 Å². The van der Waals surface area contributed by atoms with Gasteiger partial charge in [-0.05, 0) is 33.2 Å². The molecular formula is C18H28N4O6. The van der Waals surface area contributed by atoms with Gasteiger partial charge in [0.1, 0.15) is 0 Å². The summed E-state index contributed by atoms with van der Waals surface area (Å²) in [5, 5.41) is 5.80. The van der Waals surface area contributed by atoms with Crippen LogP contribution in [-0.4, -0.2) is 71.3 Å². The summed E-state index contributed by atoms with van der Waals surface area (Å²) < 4.78 is 0. The molecule has 2 fully saturated rings. The highest BCUT2D eigenvalue weighted by Gasteiger charge is 2.33. The summed E-state index contributed by atoms with van der Waals surface area (Å²) >= 11 is 0. The van der Waals surface area contributed by atoms with Crippen LogP contribution in [0.3, 0.4) is 0 Å². The molecule has 28 heavy (non-hydrogen) atoms. The molecule has 10 nitrogen and oxygen atoms in total. The first-order valence-corrected chi connectivity index (χ1v) is 9.66. The molecule has 2 saturated heterocycles. The van der Waals surface area contributed by atoms with Crippen LogP contribution in [0.15, 0.2) is 0 Å². The Morgan fingerprint density at radius 2 is 1.71 bits per heavy atom. The highest BCUT2D eigenvalue weighted by atomic mass is 16.8. The van der Waals surface area contributed by atoms with E-state index >= 15 is 0 Å². The normalized spacial score (nSPS) is 20.0. The topological polar surface area (TPSA) is 125 Å². The second-order valence-corrected chi connectivity index (χ2v) is 7.18. The lowest BCUT2D eigenvalue weighted by Gasteiger charge is -2.27. The standard InChI is InChI=1S/C18H28N4O6/c1-12(2)21-11-3-4-13(21)18(27)20-9-7-14(23)19-10-8-17(26)28-22-15(24)5-6-16(22)25/h12-13H,3-11H2,1-2H3,(H,19,23)(H,20,27)/i1+1,2+1,7+1,9+1,12+1,14+1,17+1,19+1,20+1. The average molecular weight is 405 g/mol. The van der Waals surface area contributed by atoms with Gasteiger partial charge in [0.2, 0.25) is 11.8 Å². The summed E-state index contributed by atoms with van der Waals surface area (Å²) in [6, 6.07) is 0.154. The van der Waals surface area contributed by atoms with Gasteiger partial charge in [0.25, 0.3) is 11.8 Å². The predicted octanol–water partition coefficient (Wildman–Crippen LogP) is -0.521. The van der Waals surface area contributed by atoms with Gasteiger partial charge in [-0.2, -0.15) is 0 Å². The highest BCUT2D eigenvalue weighted by Crippen LogP contribution is 2.19. The lowest BCUT2D eigenvalue weighted by molar-refractivity contribution is -0.197. The van der Waals surface area contributed by atoms with E-state index in [0.29, 0.717) is 11.1 Å². The minimum Gasteiger partial charge on any atom is -0.355 e. The molecule has 0 spiro atoms. The van der Waals surface area contributed by atoms with Crippen LogP contribution >= 0.6 is 0 Å². The maximum Gasteiger partial charge on any atom is 0.334 e. The first kappa shape index (κ1) is 21.8. The number of rotatable bonds is 9. The number of carbonyl (C=O) groups is 5. The molecule has 2 aliphatic rings. The summed E-state index contributed by atoms with van der Waals surface area (Å²) in [5.41, 5.74) is 0. The molecule has 2 N–H and O–H groups in total. The molecule has 1 unspecified atom stereocenters. The number of likely N-dealkylation sites (tertiary alicyclic amines) is 1. The summed E-state index contributed by atoms with van der Waals surface area (Å²) in [4.78, 5) is 65.2. The molecule has 156 valence electrons. The Morgan fingerprint density at radius 3 is 2.36 bits per heavy atom. The van der Waals surface area contributed by atoms with E-state index in [4.69, 9.17) is 4.84 Å². The zero-order valence-corrected chi connectivity index (χ0v) is 16.4. The van der Waals surface area contributed by atoms with Gasteiger partial charge in [0.15, 0.2) is 0 Å². The largest absolute Gasteiger partial charge is 0.355 e. The van der Waals surface area contributed by atoms with Crippen molar-refractivity contribution in [3.63, 3.8) is 0 Å². The average Bonchev–Trinajstić information content (AvgIpc) is 3.24. The van der Waals surface area contributed by atoms with Crippen LogP contribution in [0.5, 0.6) is 0 Å². The van der Waals surface area contributed by atoms with Crippen molar-refractivity contribution in [2.75, 3.05) is 19.6 Å². The van der Waals surface area contributed by atoms with Crippen molar-refractivity contribution < 1.29 is 28.8 Å². The molecule has 1 atom stereocenters. The lowest BCUT2D eigenvalue weighted by Crippen LogP contribution is -2.46. The van der Waals surface area contributed by atoms with E-state index in [1.54, 1.807) is 0 Å². The molecule has 0 aromatic rings. The van der Waals surface area contributed by atoms with Gasteiger partial charge in [0, 0.05) is 38.4 Å². The number of hydrogen-bond donors (Lipinski definition) is 2. The van der Waals surface area contributed by atoms with Crippen molar-refractivity contribution >= 4 is 29.6 Å². The molecule has 0 aromatic heterocycles. The van der Waals surface area contributed by atoms with E-state index in [-0.39, 0.29) is 56.6 Å². The van der Waals surface area contributed by atoms with Crippen LogP contribution in [0.2, 0.25) is 0 Å². The van der Waals surface area contributed by atoms with E-state index in [1.807, 2.05) is 0 Å². The fourth-order valence-electron chi connectivity index (χ4n) is 3.30. The Kier molecular flexibility index (Phi) is 7.91. The Hall–Kier alpha value is -2.49. The van der Waals surface area contributed by atoms with E-state index in [1.165, 1.54) is 0 Å². The first-order chi connectivity index (χ1) is 13.3. The fourth-order valence-corrected chi connectivity index (χ4v) is 3.30. The van der Waals surface area contributed by atoms with Gasteiger partial charge in [-0.25, -0.2) is 4.79 Å². The van der Waals surface area contributed by atoms with E-state index in [2.05, 4.69) is 29.4 Å². The van der Waals surface area contributed by atoms with Gasteiger partial charge in [-0.3, -0.25) is 24.1 Å². The Bertz CT molecular complexity index is 620. The van der Waals surface area contributed by atoms with E-state index < -0.39 is 17.8 Å². The number of amides is 4. The number of hydrogen-bond acceptors (Lipinski definition) is 7. The molecule has 4 amide bonds. The van der Waals surface area contributed by atoms with E-state index in [9.17, 15) is 24.0 Å². The van der Waals surface area contributed by atoms with Crippen molar-refractivity contribution in [3.8, 4) is 0 Å².